The second kappa shape index (κ2) is 5.46. The van der Waals surface area contributed by atoms with Gasteiger partial charge in [0.25, 0.3) is 0 Å². The number of nitrogens with zero attached hydrogens (tertiary/aromatic N) is 1. The minimum atomic E-state index is -0.320. The molecule has 0 bridgehead atoms. The number of likely N-dealkylation sites (tertiary alicyclic amines) is 1. The fourth-order valence-electron chi connectivity index (χ4n) is 2.02. The summed E-state index contributed by atoms with van der Waals surface area (Å²) in [6, 6.07) is 4.07. The molecule has 1 fully saturated rings. The standard InChI is InChI=1S/C12H17NO2S/c14-10-3-1-7-13(9-10)12(15)6-5-11-4-2-8-16-11/h2,4,8,10,14H,1,3,5-7,9H2/t10-/m0/s1. The molecule has 1 atom stereocenters. The zero-order chi connectivity index (χ0) is 11.4. The van der Waals surface area contributed by atoms with Crippen molar-refractivity contribution < 1.29 is 9.90 Å². The maximum atomic E-state index is 11.9. The quantitative estimate of drug-likeness (QED) is 0.871. The number of aryl methyl sites for hydroxylation is 1. The van der Waals surface area contributed by atoms with Crippen molar-refractivity contribution in [1.29, 1.82) is 0 Å². The third-order valence-corrected chi connectivity index (χ3v) is 3.85. The maximum Gasteiger partial charge on any atom is 0.223 e. The summed E-state index contributed by atoms with van der Waals surface area (Å²) >= 11 is 1.69. The van der Waals surface area contributed by atoms with Gasteiger partial charge in [0.1, 0.15) is 0 Å². The summed E-state index contributed by atoms with van der Waals surface area (Å²) in [5, 5.41) is 11.5. The predicted molar refractivity (Wildman–Crippen MR) is 64.5 cm³/mol. The number of hydrogen-bond donors (Lipinski definition) is 1. The molecule has 0 aromatic carbocycles. The zero-order valence-electron chi connectivity index (χ0n) is 9.26. The Kier molecular flexibility index (Phi) is 3.96. The third kappa shape index (κ3) is 3.06. The summed E-state index contributed by atoms with van der Waals surface area (Å²) in [4.78, 5) is 14.9. The van der Waals surface area contributed by atoms with E-state index in [0.717, 1.165) is 25.8 Å². The Morgan fingerprint density at radius 2 is 2.50 bits per heavy atom. The van der Waals surface area contributed by atoms with E-state index >= 15 is 0 Å². The van der Waals surface area contributed by atoms with Gasteiger partial charge in [0.05, 0.1) is 6.10 Å². The Morgan fingerprint density at radius 3 is 3.19 bits per heavy atom. The van der Waals surface area contributed by atoms with Crippen molar-refractivity contribution in [3.05, 3.63) is 22.4 Å². The van der Waals surface area contributed by atoms with Crippen molar-refractivity contribution in [2.45, 2.75) is 31.8 Å². The normalized spacial score (nSPS) is 21.1. The average Bonchev–Trinajstić information content (AvgIpc) is 2.78. The number of carbonyl (C=O) groups is 1. The van der Waals surface area contributed by atoms with Crippen LogP contribution in [0.2, 0.25) is 0 Å². The molecule has 1 amide bonds. The lowest BCUT2D eigenvalue weighted by Crippen LogP contribution is -2.42. The van der Waals surface area contributed by atoms with Gasteiger partial charge in [-0.2, -0.15) is 0 Å². The highest BCUT2D eigenvalue weighted by Crippen LogP contribution is 2.14. The number of thiophene rings is 1. The number of β-amino-alcohol motifs (C(OH)–C–C–N with tert-alkyl or cyclic N) is 1. The zero-order valence-corrected chi connectivity index (χ0v) is 10.1. The van der Waals surface area contributed by atoms with Crippen LogP contribution in [0.25, 0.3) is 0 Å². The fourth-order valence-corrected chi connectivity index (χ4v) is 2.73. The van der Waals surface area contributed by atoms with Crippen molar-refractivity contribution in [3.8, 4) is 0 Å². The molecule has 1 aromatic rings. The van der Waals surface area contributed by atoms with E-state index in [2.05, 4.69) is 6.07 Å². The predicted octanol–water partition coefficient (Wildman–Crippen LogP) is 1.66. The van der Waals surface area contributed by atoms with E-state index in [1.807, 2.05) is 11.4 Å². The highest BCUT2D eigenvalue weighted by Gasteiger charge is 2.21. The van der Waals surface area contributed by atoms with Gasteiger partial charge in [-0.05, 0) is 30.7 Å². The number of carbonyl (C=O) groups excluding carboxylic acids is 1. The van der Waals surface area contributed by atoms with Gasteiger partial charge in [-0.25, -0.2) is 0 Å². The van der Waals surface area contributed by atoms with E-state index < -0.39 is 0 Å². The van der Waals surface area contributed by atoms with Gasteiger partial charge in [0.2, 0.25) is 5.91 Å². The van der Waals surface area contributed by atoms with E-state index in [1.54, 1.807) is 16.2 Å². The third-order valence-electron chi connectivity index (χ3n) is 2.91. The van der Waals surface area contributed by atoms with Crippen LogP contribution in [-0.4, -0.2) is 35.1 Å². The number of amides is 1. The molecule has 2 heterocycles. The Labute approximate surface area is 99.7 Å². The highest BCUT2D eigenvalue weighted by molar-refractivity contribution is 7.09. The summed E-state index contributed by atoms with van der Waals surface area (Å²) in [6.07, 6.45) is 2.82. The second-order valence-corrected chi connectivity index (χ2v) is 5.25. The Hall–Kier alpha value is -0.870. The molecule has 0 radical (unpaired) electrons. The first-order valence-electron chi connectivity index (χ1n) is 5.74. The molecule has 0 spiro atoms. The van der Waals surface area contributed by atoms with Crippen LogP contribution >= 0.6 is 11.3 Å². The molecule has 16 heavy (non-hydrogen) atoms. The van der Waals surface area contributed by atoms with Gasteiger partial charge in [-0.1, -0.05) is 6.07 Å². The first-order chi connectivity index (χ1) is 7.75. The number of rotatable bonds is 3. The van der Waals surface area contributed by atoms with E-state index in [-0.39, 0.29) is 12.0 Å². The molecule has 88 valence electrons. The fraction of sp³-hybridized carbons (Fsp3) is 0.583. The Bertz CT molecular complexity index is 337. The SMILES string of the molecule is O=C(CCc1cccs1)N1CCC[C@H](O)C1. The molecular weight excluding hydrogens is 222 g/mol. The van der Waals surface area contributed by atoms with Crippen molar-refractivity contribution in [2.75, 3.05) is 13.1 Å². The van der Waals surface area contributed by atoms with Crippen molar-refractivity contribution in [1.82, 2.24) is 4.90 Å². The summed E-state index contributed by atoms with van der Waals surface area (Å²) in [5.41, 5.74) is 0. The molecule has 0 unspecified atom stereocenters. The van der Waals surface area contributed by atoms with Crippen LogP contribution in [0.15, 0.2) is 17.5 Å². The van der Waals surface area contributed by atoms with Crippen molar-refractivity contribution >= 4 is 17.2 Å². The molecule has 3 nitrogen and oxygen atoms in total. The monoisotopic (exact) mass is 239 g/mol. The van der Waals surface area contributed by atoms with Gasteiger partial charge in [0.15, 0.2) is 0 Å². The van der Waals surface area contributed by atoms with Gasteiger partial charge in [-0.3, -0.25) is 4.79 Å². The molecule has 1 aliphatic rings. The maximum absolute atomic E-state index is 11.9. The average molecular weight is 239 g/mol. The van der Waals surface area contributed by atoms with Crippen LogP contribution in [0.5, 0.6) is 0 Å². The lowest BCUT2D eigenvalue weighted by atomic mass is 10.1. The summed E-state index contributed by atoms with van der Waals surface area (Å²) in [7, 11) is 0. The molecule has 4 heteroatoms. The molecule has 2 rings (SSSR count). The van der Waals surface area contributed by atoms with E-state index in [9.17, 15) is 9.90 Å². The van der Waals surface area contributed by atoms with Crippen LogP contribution in [0.3, 0.4) is 0 Å². The van der Waals surface area contributed by atoms with Gasteiger partial charge >= 0.3 is 0 Å². The van der Waals surface area contributed by atoms with Crippen molar-refractivity contribution in [2.24, 2.45) is 0 Å². The minimum absolute atomic E-state index is 0.173. The lowest BCUT2D eigenvalue weighted by Gasteiger charge is -2.30. The van der Waals surface area contributed by atoms with Crippen LogP contribution in [0, 0.1) is 0 Å². The molecule has 0 aliphatic carbocycles. The van der Waals surface area contributed by atoms with E-state index in [0.29, 0.717) is 13.0 Å². The molecule has 1 N–H and O–H groups in total. The van der Waals surface area contributed by atoms with Gasteiger partial charge in [-0.15, -0.1) is 11.3 Å². The Morgan fingerprint density at radius 1 is 1.62 bits per heavy atom. The number of piperidine rings is 1. The second-order valence-electron chi connectivity index (χ2n) is 4.22. The van der Waals surface area contributed by atoms with Gasteiger partial charge < -0.3 is 10.0 Å². The van der Waals surface area contributed by atoms with Crippen LogP contribution in [0.4, 0.5) is 0 Å². The first kappa shape index (κ1) is 11.6. The van der Waals surface area contributed by atoms with Crippen molar-refractivity contribution in [3.63, 3.8) is 0 Å². The van der Waals surface area contributed by atoms with Crippen LogP contribution < -0.4 is 0 Å². The Balaban J connectivity index is 1.79. The molecule has 1 aliphatic heterocycles. The van der Waals surface area contributed by atoms with Gasteiger partial charge in [0, 0.05) is 24.4 Å². The molecule has 0 saturated carbocycles. The molecule has 1 aromatic heterocycles. The van der Waals surface area contributed by atoms with E-state index in [1.165, 1.54) is 4.88 Å². The number of aliphatic hydroxyl groups excluding tert-OH is 1. The molecular formula is C12H17NO2S. The van der Waals surface area contributed by atoms with E-state index in [4.69, 9.17) is 0 Å². The summed E-state index contributed by atoms with van der Waals surface area (Å²) in [5.74, 6) is 0.173. The smallest absolute Gasteiger partial charge is 0.223 e. The van der Waals surface area contributed by atoms with Crippen LogP contribution in [0.1, 0.15) is 24.1 Å². The minimum Gasteiger partial charge on any atom is -0.391 e. The van der Waals surface area contributed by atoms with Crippen LogP contribution in [-0.2, 0) is 11.2 Å². The lowest BCUT2D eigenvalue weighted by molar-refractivity contribution is -0.134. The largest absolute Gasteiger partial charge is 0.391 e. The summed E-state index contributed by atoms with van der Waals surface area (Å²) in [6.45, 7) is 1.32. The highest BCUT2D eigenvalue weighted by atomic mass is 32.1. The topological polar surface area (TPSA) is 40.5 Å². The number of aliphatic hydroxyl groups is 1. The number of hydrogen-bond acceptors (Lipinski definition) is 3. The molecule has 1 saturated heterocycles. The summed E-state index contributed by atoms with van der Waals surface area (Å²) < 4.78 is 0. The first-order valence-corrected chi connectivity index (χ1v) is 6.62.